The molecule has 1 fully saturated rings. The highest BCUT2D eigenvalue weighted by molar-refractivity contribution is 6.34. The molecular formula is C19H28ClN3O2. The summed E-state index contributed by atoms with van der Waals surface area (Å²) in [5, 5.41) is 9.37. The lowest BCUT2D eigenvalue weighted by Gasteiger charge is -2.23. The molecule has 0 aromatic heterocycles. The third kappa shape index (κ3) is 6.67. The standard InChI is InChI=1S/C19H28ClN3O2/c1-19(2,3)21-12-17(24)22-14-9-10-16(20)15(11-14)18(25)23-13-7-5-4-6-8-13/h9-11,13,21H,4-8,12H2,1-3H3,(H,22,24)(H,23,25). The Morgan fingerprint density at radius 3 is 2.48 bits per heavy atom. The van der Waals surface area contributed by atoms with E-state index in [1.54, 1.807) is 18.2 Å². The van der Waals surface area contributed by atoms with Gasteiger partial charge in [0.25, 0.3) is 5.91 Å². The van der Waals surface area contributed by atoms with Crippen LogP contribution in [0.25, 0.3) is 0 Å². The van der Waals surface area contributed by atoms with Crippen LogP contribution in [0.3, 0.4) is 0 Å². The number of hydrogen-bond donors (Lipinski definition) is 3. The van der Waals surface area contributed by atoms with Crippen molar-refractivity contribution in [2.45, 2.75) is 64.5 Å². The van der Waals surface area contributed by atoms with Gasteiger partial charge in [-0.25, -0.2) is 0 Å². The van der Waals surface area contributed by atoms with Crippen molar-refractivity contribution >= 4 is 29.1 Å². The van der Waals surface area contributed by atoms with E-state index in [1.165, 1.54) is 6.42 Å². The van der Waals surface area contributed by atoms with E-state index in [0.29, 0.717) is 16.3 Å². The van der Waals surface area contributed by atoms with Crippen molar-refractivity contribution in [1.82, 2.24) is 10.6 Å². The largest absolute Gasteiger partial charge is 0.349 e. The maximum Gasteiger partial charge on any atom is 0.253 e. The van der Waals surface area contributed by atoms with Crippen LogP contribution in [0, 0.1) is 0 Å². The van der Waals surface area contributed by atoms with Crippen LogP contribution in [0.1, 0.15) is 63.2 Å². The highest BCUT2D eigenvalue weighted by atomic mass is 35.5. The predicted octanol–water partition coefficient (Wildman–Crippen LogP) is 3.73. The summed E-state index contributed by atoms with van der Waals surface area (Å²) >= 11 is 6.18. The highest BCUT2D eigenvalue weighted by Gasteiger charge is 2.19. The predicted molar refractivity (Wildman–Crippen MR) is 102 cm³/mol. The van der Waals surface area contributed by atoms with Crippen molar-refractivity contribution in [2.24, 2.45) is 0 Å². The average molecular weight is 366 g/mol. The lowest BCUT2D eigenvalue weighted by molar-refractivity contribution is -0.115. The molecule has 1 aliphatic carbocycles. The SMILES string of the molecule is CC(C)(C)NCC(=O)Nc1ccc(Cl)c(C(=O)NC2CCCCC2)c1. The second-order valence-electron chi connectivity index (χ2n) is 7.65. The molecule has 3 N–H and O–H groups in total. The molecule has 0 bridgehead atoms. The molecule has 0 radical (unpaired) electrons. The fourth-order valence-electron chi connectivity index (χ4n) is 2.84. The molecule has 138 valence electrons. The molecule has 6 heteroatoms. The lowest BCUT2D eigenvalue weighted by atomic mass is 9.95. The van der Waals surface area contributed by atoms with Gasteiger partial charge >= 0.3 is 0 Å². The number of carbonyl (C=O) groups excluding carboxylic acids is 2. The van der Waals surface area contributed by atoms with Crippen LogP contribution in [-0.2, 0) is 4.79 Å². The van der Waals surface area contributed by atoms with E-state index >= 15 is 0 Å². The number of benzene rings is 1. The van der Waals surface area contributed by atoms with E-state index in [9.17, 15) is 9.59 Å². The molecule has 0 heterocycles. The Morgan fingerprint density at radius 2 is 1.84 bits per heavy atom. The van der Waals surface area contributed by atoms with E-state index in [1.807, 2.05) is 20.8 Å². The van der Waals surface area contributed by atoms with Gasteiger partial charge in [0.15, 0.2) is 0 Å². The van der Waals surface area contributed by atoms with E-state index < -0.39 is 0 Å². The quantitative estimate of drug-likeness (QED) is 0.744. The minimum absolute atomic E-state index is 0.137. The van der Waals surface area contributed by atoms with Crippen LogP contribution < -0.4 is 16.0 Å². The minimum atomic E-state index is -0.180. The zero-order valence-electron chi connectivity index (χ0n) is 15.2. The summed E-state index contributed by atoms with van der Waals surface area (Å²) in [5.74, 6) is -0.336. The Morgan fingerprint density at radius 1 is 1.16 bits per heavy atom. The first-order valence-corrected chi connectivity index (χ1v) is 9.28. The zero-order valence-corrected chi connectivity index (χ0v) is 16.0. The molecular weight excluding hydrogens is 338 g/mol. The molecule has 1 aliphatic rings. The van der Waals surface area contributed by atoms with Gasteiger partial charge in [-0.1, -0.05) is 30.9 Å². The first-order valence-electron chi connectivity index (χ1n) is 8.90. The Labute approximate surface area is 154 Å². The molecule has 1 aromatic rings. The Hall–Kier alpha value is -1.59. The van der Waals surface area contributed by atoms with Crippen molar-refractivity contribution in [3.05, 3.63) is 28.8 Å². The summed E-state index contributed by atoms with van der Waals surface area (Å²) in [5.41, 5.74) is 0.829. The van der Waals surface area contributed by atoms with Crippen LogP contribution >= 0.6 is 11.6 Å². The van der Waals surface area contributed by atoms with Gasteiger partial charge in [-0.15, -0.1) is 0 Å². The Kier molecular flexibility index (Phi) is 6.85. The monoisotopic (exact) mass is 365 g/mol. The summed E-state index contributed by atoms with van der Waals surface area (Å²) < 4.78 is 0. The van der Waals surface area contributed by atoms with Crippen molar-refractivity contribution in [3.8, 4) is 0 Å². The number of hydrogen-bond acceptors (Lipinski definition) is 3. The Bertz CT molecular complexity index is 620. The van der Waals surface area contributed by atoms with Gasteiger partial charge in [0.2, 0.25) is 5.91 Å². The molecule has 0 atom stereocenters. The minimum Gasteiger partial charge on any atom is -0.349 e. The zero-order chi connectivity index (χ0) is 18.4. The van der Waals surface area contributed by atoms with Gasteiger partial charge < -0.3 is 16.0 Å². The molecule has 25 heavy (non-hydrogen) atoms. The molecule has 0 unspecified atom stereocenters. The number of anilines is 1. The fraction of sp³-hybridized carbons (Fsp3) is 0.579. The Balaban J connectivity index is 1.98. The highest BCUT2D eigenvalue weighted by Crippen LogP contribution is 2.22. The van der Waals surface area contributed by atoms with Gasteiger partial charge in [0, 0.05) is 17.3 Å². The fourth-order valence-corrected chi connectivity index (χ4v) is 3.04. The third-order valence-electron chi connectivity index (χ3n) is 4.21. The average Bonchev–Trinajstić information content (AvgIpc) is 2.55. The summed E-state index contributed by atoms with van der Waals surface area (Å²) in [7, 11) is 0. The first-order chi connectivity index (χ1) is 11.7. The van der Waals surface area contributed by atoms with Crippen molar-refractivity contribution in [3.63, 3.8) is 0 Å². The van der Waals surface area contributed by atoms with Gasteiger partial charge in [-0.05, 0) is 51.8 Å². The van der Waals surface area contributed by atoms with E-state index in [-0.39, 0.29) is 29.9 Å². The molecule has 0 aliphatic heterocycles. The molecule has 5 nitrogen and oxygen atoms in total. The first kappa shape index (κ1) is 19.7. The summed E-state index contributed by atoms with van der Waals surface area (Å²) in [6, 6.07) is 5.19. The molecule has 0 saturated heterocycles. The van der Waals surface area contributed by atoms with E-state index in [2.05, 4.69) is 16.0 Å². The summed E-state index contributed by atoms with van der Waals surface area (Å²) in [6.07, 6.45) is 5.55. The summed E-state index contributed by atoms with van der Waals surface area (Å²) in [4.78, 5) is 24.5. The van der Waals surface area contributed by atoms with Crippen LogP contribution in [-0.4, -0.2) is 29.9 Å². The normalized spacial score (nSPS) is 15.7. The number of rotatable bonds is 5. The summed E-state index contributed by atoms with van der Waals surface area (Å²) in [6.45, 7) is 6.19. The molecule has 1 aromatic carbocycles. The maximum atomic E-state index is 12.5. The number of nitrogens with one attached hydrogen (secondary N) is 3. The number of halogens is 1. The van der Waals surface area contributed by atoms with Crippen molar-refractivity contribution in [1.29, 1.82) is 0 Å². The number of amides is 2. The number of carbonyl (C=O) groups is 2. The third-order valence-corrected chi connectivity index (χ3v) is 4.54. The second kappa shape index (κ2) is 8.68. The molecule has 2 amide bonds. The van der Waals surface area contributed by atoms with Gasteiger partial charge in [-0.2, -0.15) is 0 Å². The molecule has 0 spiro atoms. The van der Waals surface area contributed by atoms with Crippen LogP contribution in [0.2, 0.25) is 5.02 Å². The lowest BCUT2D eigenvalue weighted by Crippen LogP contribution is -2.41. The smallest absolute Gasteiger partial charge is 0.253 e. The van der Waals surface area contributed by atoms with E-state index in [0.717, 1.165) is 25.7 Å². The van der Waals surface area contributed by atoms with Gasteiger partial charge in [0.05, 0.1) is 17.1 Å². The second-order valence-corrected chi connectivity index (χ2v) is 8.06. The maximum absolute atomic E-state index is 12.5. The van der Waals surface area contributed by atoms with Crippen molar-refractivity contribution < 1.29 is 9.59 Å². The van der Waals surface area contributed by atoms with E-state index in [4.69, 9.17) is 11.6 Å². The topological polar surface area (TPSA) is 70.2 Å². The van der Waals surface area contributed by atoms with Crippen molar-refractivity contribution in [2.75, 3.05) is 11.9 Å². The van der Waals surface area contributed by atoms with Gasteiger partial charge in [0.1, 0.15) is 0 Å². The molecule has 1 saturated carbocycles. The molecule has 2 rings (SSSR count). The van der Waals surface area contributed by atoms with Crippen LogP contribution in [0.15, 0.2) is 18.2 Å². The van der Waals surface area contributed by atoms with Crippen LogP contribution in [0.4, 0.5) is 5.69 Å². The van der Waals surface area contributed by atoms with Gasteiger partial charge in [-0.3, -0.25) is 9.59 Å². The van der Waals surface area contributed by atoms with Crippen LogP contribution in [0.5, 0.6) is 0 Å².